The monoisotopic (exact) mass is 239 g/mol. The normalized spacial score (nSPS) is 13.0. The van der Waals surface area contributed by atoms with Crippen molar-refractivity contribution in [3.8, 4) is 0 Å². The number of aromatic nitrogens is 1. The van der Waals surface area contributed by atoms with Crippen molar-refractivity contribution < 1.29 is 4.21 Å². The maximum atomic E-state index is 10.6. The number of hydrogen-bond donors (Lipinski definition) is 0. The molecular weight excluding hydrogens is 237 g/mol. The van der Waals surface area contributed by atoms with Crippen LogP contribution in [-0.4, -0.2) is 9.19 Å². The Balaban J connectivity index is 3.00. The number of hydrogen-bond acceptors (Lipinski definition) is 2. The Morgan fingerprint density at radius 2 is 2.30 bits per heavy atom. The molecule has 0 spiro atoms. The molecule has 5 heteroatoms. The van der Waals surface area contributed by atoms with Gasteiger partial charge in [-0.3, -0.25) is 0 Å². The Labute approximate surface area is 73.7 Å². The first kappa shape index (κ1) is 8.17. The molecule has 0 bridgehead atoms. The Morgan fingerprint density at radius 3 is 2.70 bits per heavy atom. The van der Waals surface area contributed by atoms with Gasteiger partial charge in [0, 0.05) is 10.7 Å². The zero-order valence-corrected chi connectivity index (χ0v) is 7.91. The minimum absolute atomic E-state index is 0.380. The van der Waals surface area contributed by atoms with Crippen molar-refractivity contribution in [3.05, 3.63) is 22.8 Å². The molecule has 0 aliphatic heterocycles. The average molecular weight is 241 g/mol. The molecule has 0 radical (unpaired) electrons. The summed E-state index contributed by atoms with van der Waals surface area (Å²) in [5.41, 5.74) is 0. The van der Waals surface area contributed by atoms with E-state index in [1.54, 1.807) is 18.3 Å². The quantitative estimate of drug-likeness (QED) is 0.704. The molecule has 1 heterocycles. The van der Waals surface area contributed by atoms with Crippen molar-refractivity contribution >= 4 is 36.6 Å². The smallest absolute Gasteiger partial charge is 0.166 e. The number of halogens is 2. The molecule has 1 rings (SSSR count). The van der Waals surface area contributed by atoms with Crippen molar-refractivity contribution in [2.45, 2.75) is 5.03 Å². The van der Waals surface area contributed by atoms with Gasteiger partial charge in [0.1, 0.15) is 5.03 Å². The molecule has 1 atom stereocenters. The maximum absolute atomic E-state index is 10.6. The van der Waals surface area contributed by atoms with Gasteiger partial charge in [0.25, 0.3) is 0 Å². The topological polar surface area (TPSA) is 30.0 Å². The van der Waals surface area contributed by atoms with Crippen LogP contribution in [0, 0.1) is 0 Å². The van der Waals surface area contributed by atoms with Gasteiger partial charge in [-0.05, 0) is 38.7 Å². The van der Waals surface area contributed by atoms with Crippen LogP contribution in [0.5, 0.6) is 0 Å². The summed E-state index contributed by atoms with van der Waals surface area (Å²) in [6, 6.07) is 3.34. The van der Waals surface area contributed by atoms with Crippen LogP contribution < -0.4 is 0 Å². The summed E-state index contributed by atoms with van der Waals surface area (Å²) < 4.78 is 11.4. The first-order chi connectivity index (χ1) is 4.70. The van der Waals surface area contributed by atoms with Gasteiger partial charge >= 0.3 is 0 Å². The lowest BCUT2D eigenvalue weighted by molar-refractivity contribution is 0.688. The average Bonchev–Trinajstić information content (AvgIpc) is 1.88. The number of rotatable bonds is 1. The second-order valence-corrected chi connectivity index (χ2v) is 4.16. The molecule has 10 heavy (non-hydrogen) atoms. The summed E-state index contributed by atoms with van der Waals surface area (Å²) in [6.45, 7) is 0. The molecule has 0 saturated heterocycles. The van der Waals surface area contributed by atoms with Crippen LogP contribution in [0.25, 0.3) is 0 Å². The zero-order valence-electron chi connectivity index (χ0n) is 4.75. The van der Waals surface area contributed by atoms with E-state index in [0.717, 1.165) is 4.47 Å². The van der Waals surface area contributed by atoms with Gasteiger partial charge in [0.15, 0.2) is 10.0 Å². The molecule has 0 unspecified atom stereocenters. The van der Waals surface area contributed by atoms with Crippen molar-refractivity contribution in [3.63, 3.8) is 0 Å². The third kappa shape index (κ3) is 2.04. The van der Waals surface area contributed by atoms with Gasteiger partial charge in [-0.25, -0.2) is 9.19 Å². The highest BCUT2D eigenvalue weighted by atomic mass is 79.9. The zero-order chi connectivity index (χ0) is 7.56. The fourth-order valence-corrected chi connectivity index (χ4v) is 1.28. The highest BCUT2D eigenvalue weighted by molar-refractivity contribution is 9.10. The molecule has 0 amide bonds. The third-order valence-electron chi connectivity index (χ3n) is 0.865. The number of nitrogens with zero attached hydrogens (tertiary/aromatic N) is 1. The Hall–Kier alpha value is 0.0700. The van der Waals surface area contributed by atoms with Crippen molar-refractivity contribution in [2.75, 3.05) is 0 Å². The minimum Gasteiger partial charge on any atom is -0.245 e. The predicted octanol–water partition coefficient (Wildman–Crippen LogP) is 2.11. The second-order valence-electron chi connectivity index (χ2n) is 1.54. The van der Waals surface area contributed by atoms with E-state index in [9.17, 15) is 4.21 Å². The van der Waals surface area contributed by atoms with Crippen molar-refractivity contribution in [1.82, 2.24) is 4.98 Å². The molecule has 1 aromatic rings. The third-order valence-corrected chi connectivity index (χ3v) is 2.38. The molecule has 2 nitrogen and oxygen atoms in total. The molecule has 0 N–H and O–H groups in total. The summed E-state index contributed by atoms with van der Waals surface area (Å²) in [6.07, 6.45) is 1.55. The van der Waals surface area contributed by atoms with E-state index in [4.69, 9.17) is 10.7 Å². The molecule has 0 aliphatic rings. The summed E-state index contributed by atoms with van der Waals surface area (Å²) in [5, 5.41) is 0.380. The van der Waals surface area contributed by atoms with E-state index < -0.39 is 10.0 Å². The van der Waals surface area contributed by atoms with Gasteiger partial charge in [-0.15, -0.1) is 0 Å². The van der Waals surface area contributed by atoms with E-state index in [0.29, 0.717) is 5.03 Å². The molecule has 0 fully saturated rings. The van der Waals surface area contributed by atoms with E-state index in [1.807, 2.05) is 0 Å². The molecule has 54 valence electrons. The van der Waals surface area contributed by atoms with Crippen molar-refractivity contribution in [2.24, 2.45) is 0 Å². The molecular formula is C5H3BrClNOS. The van der Waals surface area contributed by atoms with Crippen LogP contribution in [-0.2, 0) is 10.0 Å². The van der Waals surface area contributed by atoms with Gasteiger partial charge in [-0.2, -0.15) is 0 Å². The van der Waals surface area contributed by atoms with Gasteiger partial charge in [0.05, 0.1) is 0 Å². The standard InChI is InChI=1S/C5H3BrClNOS/c6-4-1-2-5(8-3-4)10(7)9/h1-3H/t10-/m0/s1. The van der Waals surface area contributed by atoms with Crippen LogP contribution in [0.4, 0.5) is 0 Å². The fraction of sp³-hybridized carbons (Fsp3) is 0. The van der Waals surface area contributed by atoms with Crippen LogP contribution in [0.1, 0.15) is 0 Å². The van der Waals surface area contributed by atoms with E-state index in [-0.39, 0.29) is 0 Å². The fourth-order valence-electron chi connectivity index (χ4n) is 0.457. The minimum atomic E-state index is -1.50. The predicted molar refractivity (Wildman–Crippen MR) is 44.2 cm³/mol. The summed E-state index contributed by atoms with van der Waals surface area (Å²) in [5.74, 6) is 0. The van der Waals surface area contributed by atoms with Gasteiger partial charge in [0.2, 0.25) is 0 Å². The summed E-state index contributed by atoms with van der Waals surface area (Å²) >= 11 is 3.19. The highest BCUT2D eigenvalue weighted by Gasteiger charge is 1.98. The highest BCUT2D eigenvalue weighted by Crippen LogP contribution is 2.11. The lowest BCUT2D eigenvalue weighted by Gasteiger charge is -1.91. The van der Waals surface area contributed by atoms with E-state index in [2.05, 4.69) is 20.9 Å². The van der Waals surface area contributed by atoms with Gasteiger partial charge in [-0.1, -0.05) is 0 Å². The molecule has 0 aromatic carbocycles. The van der Waals surface area contributed by atoms with E-state index in [1.165, 1.54) is 0 Å². The Kier molecular flexibility index (Phi) is 2.82. The van der Waals surface area contributed by atoms with Crippen LogP contribution in [0.3, 0.4) is 0 Å². The Morgan fingerprint density at radius 1 is 1.60 bits per heavy atom. The summed E-state index contributed by atoms with van der Waals surface area (Å²) in [7, 11) is 3.75. The van der Waals surface area contributed by atoms with Crippen LogP contribution >= 0.6 is 26.6 Å². The van der Waals surface area contributed by atoms with Gasteiger partial charge < -0.3 is 0 Å². The maximum Gasteiger partial charge on any atom is 0.166 e. The lowest BCUT2D eigenvalue weighted by Crippen LogP contribution is -1.84. The molecule has 0 saturated carbocycles. The van der Waals surface area contributed by atoms with Crippen LogP contribution in [0.2, 0.25) is 0 Å². The van der Waals surface area contributed by atoms with Crippen LogP contribution in [0.15, 0.2) is 27.8 Å². The lowest BCUT2D eigenvalue weighted by atomic mass is 10.5. The SMILES string of the molecule is O=[S@](Cl)c1ccc(Br)cn1. The summed E-state index contributed by atoms with van der Waals surface area (Å²) in [4.78, 5) is 3.80. The second kappa shape index (κ2) is 3.46. The largest absolute Gasteiger partial charge is 0.245 e. The first-order valence-electron chi connectivity index (χ1n) is 2.40. The first-order valence-corrected chi connectivity index (χ1v) is 5.16. The van der Waals surface area contributed by atoms with E-state index >= 15 is 0 Å². The molecule has 1 aromatic heterocycles. The number of pyridine rings is 1. The molecule has 0 aliphatic carbocycles. The van der Waals surface area contributed by atoms with Crippen molar-refractivity contribution in [1.29, 1.82) is 0 Å². The Bertz CT molecular complexity index is 250.